The molecule has 0 aliphatic carbocycles. The molecule has 1 unspecified atom stereocenters. The molecular weight excluding hydrogens is 376 g/mol. The van der Waals surface area contributed by atoms with Crippen LogP contribution < -0.4 is 0 Å². The van der Waals surface area contributed by atoms with Crippen LogP contribution in [-0.4, -0.2) is 52.8 Å². The third-order valence-corrected chi connectivity index (χ3v) is 6.36. The summed E-state index contributed by atoms with van der Waals surface area (Å²) in [5.41, 5.74) is 0.112. The van der Waals surface area contributed by atoms with Gasteiger partial charge in [0.15, 0.2) is 11.5 Å². The van der Waals surface area contributed by atoms with Gasteiger partial charge in [-0.3, -0.25) is 9.59 Å². The van der Waals surface area contributed by atoms with Crippen molar-refractivity contribution < 1.29 is 19.1 Å². The van der Waals surface area contributed by atoms with Gasteiger partial charge in [-0.25, -0.2) is 0 Å². The Morgan fingerprint density at radius 2 is 2.00 bits per heavy atom. The summed E-state index contributed by atoms with van der Waals surface area (Å²) in [6, 6.07) is 6.51. The SMILES string of the molecule is Cc1ccc(C(=O)C2=C(O)C(=O)N(CCN3CCCCC3)C2c2cccs2)o1. The fraction of sp³-hybridized carbons (Fsp3) is 0.429. The number of carbonyl (C=O) groups excluding carboxylic acids is 2. The molecule has 148 valence electrons. The zero-order chi connectivity index (χ0) is 19.7. The Balaban J connectivity index is 1.62. The van der Waals surface area contributed by atoms with Crippen LogP contribution in [0.15, 0.2) is 45.4 Å². The fourth-order valence-electron chi connectivity index (χ4n) is 3.98. The van der Waals surface area contributed by atoms with Gasteiger partial charge in [-0.15, -0.1) is 11.3 Å². The summed E-state index contributed by atoms with van der Waals surface area (Å²) < 4.78 is 5.47. The molecule has 0 saturated carbocycles. The van der Waals surface area contributed by atoms with Gasteiger partial charge in [-0.05, 0) is 56.4 Å². The van der Waals surface area contributed by atoms with E-state index in [9.17, 15) is 14.7 Å². The zero-order valence-corrected chi connectivity index (χ0v) is 16.7. The quantitative estimate of drug-likeness (QED) is 0.748. The number of aryl methyl sites for hydroxylation is 1. The van der Waals surface area contributed by atoms with Crippen molar-refractivity contribution in [1.29, 1.82) is 0 Å². The first kappa shape index (κ1) is 19.0. The summed E-state index contributed by atoms with van der Waals surface area (Å²) in [6.45, 7) is 5.03. The minimum Gasteiger partial charge on any atom is -0.503 e. The maximum Gasteiger partial charge on any atom is 0.290 e. The molecule has 1 amide bonds. The number of hydrogen-bond acceptors (Lipinski definition) is 6. The minimum atomic E-state index is -0.574. The van der Waals surface area contributed by atoms with Gasteiger partial charge in [0.2, 0.25) is 5.78 Å². The first-order chi connectivity index (χ1) is 13.6. The first-order valence-corrected chi connectivity index (χ1v) is 10.5. The van der Waals surface area contributed by atoms with Crippen LogP contribution in [-0.2, 0) is 4.79 Å². The second-order valence-electron chi connectivity index (χ2n) is 7.32. The van der Waals surface area contributed by atoms with Crippen LogP contribution in [0.4, 0.5) is 0 Å². The Hall–Kier alpha value is -2.38. The molecule has 2 aliphatic rings. The van der Waals surface area contributed by atoms with Crippen molar-refractivity contribution in [1.82, 2.24) is 9.80 Å². The number of Topliss-reactive ketones (excluding diaryl/α,β-unsaturated/α-hetero) is 1. The van der Waals surface area contributed by atoms with E-state index in [0.29, 0.717) is 12.3 Å². The molecule has 4 heterocycles. The highest BCUT2D eigenvalue weighted by atomic mass is 32.1. The van der Waals surface area contributed by atoms with Gasteiger partial charge >= 0.3 is 0 Å². The molecular formula is C21H24N2O4S. The van der Waals surface area contributed by atoms with E-state index in [1.54, 1.807) is 24.0 Å². The van der Waals surface area contributed by atoms with E-state index in [1.165, 1.54) is 30.6 Å². The number of carbonyl (C=O) groups is 2. The minimum absolute atomic E-state index is 0.112. The predicted octanol–water partition coefficient (Wildman–Crippen LogP) is 3.71. The number of ketones is 1. The molecule has 2 aliphatic heterocycles. The highest BCUT2D eigenvalue weighted by molar-refractivity contribution is 7.10. The Morgan fingerprint density at radius 3 is 2.64 bits per heavy atom. The monoisotopic (exact) mass is 400 g/mol. The van der Waals surface area contributed by atoms with E-state index in [4.69, 9.17) is 4.42 Å². The number of nitrogens with zero attached hydrogens (tertiary/aromatic N) is 2. The lowest BCUT2D eigenvalue weighted by Gasteiger charge is -2.31. The third kappa shape index (κ3) is 3.52. The standard InChI is InChI=1S/C21H24N2O4S/c1-14-7-8-15(27-14)19(24)17-18(16-6-5-13-28-16)23(21(26)20(17)25)12-11-22-9-3-2-4-10-22/h5-8,13,18,25H,2-4,9-12H2,1H3. The molecule has 28 heavy (non-hydrogen) atoms. The summed E-state index contributed by atoms with van der Waals surface area (Å²) in [6.07, 6.45) is 3.60. The van der Waals surface area contributed by atoms with Crippen molar-refractivity contribution in [3.05, 3.63) is 57.4 Å². The van der Waals surface area contributed by atoms with Gasteiger partial charge in [0.25, 0.3) is 5.91 Å². The van der Waals surface area contributed by atoms with Gasteiger partial charge in [-0.2, -0.15) is 0 Å². The van der Waals surface area contributed by atoms with Crippen molar-refractivity contribution in [3.8, 4) is 0 Å². The molecule has 7 heteroatoms. The molecule has 0 bridgehead atoms. The van der Waals surface area contributed by atoms with E-state index in [2.05, 4.69) is 4.90 Å². The van der Waals surface area contributed by atoms with Crippen LogP contribution in [0.3, 0.4) is 0 Å². The lowest BCUT2D eigenvalue weighted by Crippen LogP contribution is -2.40. The summed E-state index contributed by atoms with van der Waals surface area (Å²) in [5, 5.41) is 12.5. The molecule has 6 nitrogen and oxygen atoms in total. The van der Waals surface area contributed by atoms with Crippen LogP contribution in [0.5, 0.6) is 0 Å². The number of likely N-dealkylation sites (tertiary alicyclic amines) is 1. The molecule has 0 radical (unpaired) electrons. The van der Waals surface area contributed by atoms with E-state index in [0.717, 1.165) is 24.5 Å². The molecule has 0 spiro atoms. The molecule has 2 aromatic rings. The van der Waals surface area contributed by atoms with Gasteiger partial charge in [-0.1, -0.05) is 12.5 Å². The van der Waals surface area contributed by atoms with Crippen LogP contribution in [0, 0.1) is 6.92 Å². The van der Waals surface area contributed by atoms with E-state index >= 15 is 0 Å². The number of hydrogen-bond donors (Lipinski definition) is 1. The van der Waals surface area contributed by atoms with Gasteiger partial charge in [0, 0.05) is 18.0 Å². The zero-order valence-electron chi connectivity index (χ0n) is 15.9. The van der Waals surface area contributed by atoms with E-state index in [-0.39, 0.29) is 11.3 Å². The summed E-state index contributed by atoms with van der Waals surface area (Å²) in [4.78, 5) is 30.8. The highest BCUT2D eigenvalue weighted by Gasteiger charge is 2.44. The van der Waals surface area contributed by atoms with Gasteiger partial charge in [0.05, 0.1) is 11.6 Å². The Labute approximate surface area is 168 Å². The number of aliphatic hydroxyl groups excluding tert-OH is 1. The number of furan rings is 1. The summed E-state index contributed by atoms with van der Waals surface area (Å²) in [7, 11) is 0. The molecule has 0 aromatic carbocycles. The normalized spacial score (nSPS) is 21.0. The topological polar surface area (TPSA) is 74.0 Å². The number of piperidine rings is 1. The lowest BCUT2D eigenvalue weighted by atomic mass is 10.0. The third-order valence-electron chi connectivity index (χ3n) is 5.43. The van der Waals surface area contributed by atoms with Crippen LogP contribution >= 0.6 is 11.3 Å². The summed E-state index contributed by atoms with van der Waals surface area (Å²) >= 11 is 1.48. The number of aliphatic hydroxyl groups is 1. The summed E-state index contributed by atoms with van der Waals surface area (Å²) in [5.74, 6) is -0.621. The van der Waals surface area contributed by atoms with E-state index in [1.807, 2.05) is 17.5 Å². The second kappa shape index (κ2) is 7.93. The van der Waals surface area contributed by atoms with Crippen molar-refractivity contribution >= 4 is 23.0 Å². The average Bonchev–Trinajstić information content (AvgIpc) is 3.42. The fourth-order valence-corrected chi connectivity index (χ4v) is 4.83. The molecule has 1 fully saturated rings. The lowest BCUT2D eigenvalue weighted by molar-refractivity contribution is -0.129. The van der Waals surface area contributed by atoms with Crippen molar-refractivity contribution in [2.75, 3.05) is 26.2 Å². The van der Waals surface area contributed by atoms with Crippen LogP contribution in [0.2, 0.25) is 0 Å². The second-order valence-corrected chi connectivity index (χ2v) is 8.30. The van der Waals surface area contributed by atoms with Crippen molar-refractivity contribution in [2.45, 2.75) is 32.2 Å². The van der Waals surface area contributed by atoms with Crippen molar-refractivity contribution in [3.63, 3.8) is 0 Å². The molecule has 1 N–H and O–H groups in total. The van der Waals surface area contributed by atoms with Crippen molar-refractivity contribution in [2.24, 2.45) is 0 Å². The molecule has 1 atom stereocenters. The Kier molecular flexibility index (Phi) is 5.37. The average molecular weight is 401 g/mol. The molecule has 4 rings (SSSR count). The predicted molar refractivity (Wildman–Crippen MR) is 106 cm³/mol. The van der Waals surface area contributed by atoms with E-state index < -0.39 is 23.5 Å². The van der Waals surface area contributed by atoms with Gasteiger partial charge in [0.1, 0.15) is 5.76 Å². The highest BCUT2D eigenvalue weighted by Crippen LogP contribution is 2.40. The van der Waals surface area contributed by atoms with Gasteiger partial charge < -0.3 is 19.3 Å². The number of thiophene rings is 1. The maximum atomic E-state index is 13.1. The molecule has 1 saturated heterocycles. The molecule has 2 aromatic heterocycles. The smallest absolute Gasteiger partial charge is 0.290 e. The number of amides is 1. The maximum absolute atomic E-state index is 13.1. The Bertz CT molecular complexity index is 893. The number of rotatable bonds is 6. The first-order valence-electron chi connectivity index (χ1n) is 9.67. The largest absolute Gasteiger partial charge is 0.503 e. The van der Waals surface area contributed by atoms with Crippen LogP contribution in [0.25, 0.3) is 0 Å². The van der Waals surface area contributed by atoms with Crippen LogP contribution in [0.1, 0.15) is 46.5 Å². The Morgan fingerprint density at radius 1 is 1.21 bits per heavy atom.